The lowest BCUT2D eigenvalue weighted by Gasteiger charge is -2.22. The molecule has 0 spiro atoms. The van der Waals surface area contributed by atoms with Crippen molar-refractivity contribution in [2.24, 2.45) is 5.73 Å². The summed E-state index contributed by atoms with van der Waals surface area (Å²) in [6.45, 7) is 2.79. The Bertz CT molecular complexity index is 392. The highest BCUT2D eigenvalue weighted by Crippen LogP contribution is 2.04. The number of rotatable bonds is 6. The Balaban J connectivity index is 2.58. The van der Waals surface area contributed by atoms with E-state index in [-0.39, 0.29) is 18.4 Å². The lowest BCUT2D eigenvalue weighted by atomic mass is 10.2. The molecule has 98 valence electrons. The van der Waals surface area contributed by atoms with Gasteiger partial charge in [-0.05, 0) is 5.56 Å². The van der Waals surface area contributed by atoms with Crippen LogP contribution in [0.2, 0.25) is 0 Å². The summed E-state index contributed by atoms with van der Waals surface area (Å²) in [6, 6.07) is 9.68. The Labute approximate surface area is 107 Å². The van der Waals surface area contributed by atoms with Crippen LogP contribution in [0, 0.1) is 0 Å². The van der Waals surface area contributed by atoms with Crippen LogP contribution in [0.15, 0.2) is 30.3 Å². The monoisotopic (exact) mass is 249 g/mol. The minimum absolute atomic E-state index is 0.0160. The molecule has 2 amide bonds. The Hall–Kier alpha value is -1.88. The number of carbonyl (C=O) groups is 2. The van der Waals surface area contributed by atoms with Crippen molar-refractivity contribution < 1.29 is 9.59 Å². The highest BCUT2D eigenvalue weighted by Gasteiger charge is 2.13. The fourth-order valence-electron chi connectivity index (χ4n) is 1.56. The van der Waals surface area contributed by atoms with E-state index in [1.807, 2.05) is 30.3 Å². The summed E-state index contributed by atoms with van der Waals surface area (Å²) in [7, 11) is 0. The van der Waals surface area contributed by atoms with E-state index in [4.69, 9.17) is 5.73 Å². The van der Waals surface area contributed by atoms with Gasteiger partial charge in [0.25, 0.3) is 0 Å². The molecule has 0 radical (unpaired) electrons. The minimum Gasteiger partial charge on any atom is -0.347 e. The van der Waals surface area contributed by atoms with E-state index in [1.165, 1.54) is 6.92 Å². The predicted molar refractivity (Wildman–Crippen MR) is 69.6 cm³/mol. The number of nitrogens with zero attached hydrogens (tertiary/aromatic N) is 1. The van der Waals surface area contributed by atoms with Gasteiger partial charge in [0.1, 0.15) is 0 Å². The number of carbonyl (C=O) groups excluding carboxylic acids is 2. The third-order valence-corrected chi connectivity index (χ3v) is 2.46. The van der Waals surface area contributed by atoms with Crippen LogP contribution in [0.3, 0.4) is 0 Å². The fourth-order valence-corrected chi connectivity index (χ4v) is 1.56. The van der Waals surface area contributed by atoms with Crippen LogP contribution in [0.5, 0.6) is 0 Å². The van der Waals surface area contributed by atoms with Crippen LogP contribution in [-0.2, 0) is 16.1 Å². The molecule has 0 bridgehead atoms. The number of nitrogens with two attached hydrogens (primary N) is 1. The molecular weight excluding hydrogens is 230 g/mol. The first-order valence-electron chi connectivity index (χ1n) is 5.89. The maximum Gasteiger partial charge on any atom is 0.242 e. The highest BCUT2D eigenvalue weighted by atomic mass is 16.2. The first kappa shape index (κ1) is 14.2. The molecule has 1 aromatic rings. The molecule has 5 nitrogen and oxygen atoms in total. The van der Waals surface area contributed by atoms with Gasteiger partial charge in [0.15, 0.2) is 0 Å². The summed E-state index contributed by atoms with van der Waals surface area (Å²) in [6.07, 6.45) is 0. The van der Waals surface area contributed by atoms with E-state index in [0.29, 0.717) is 19.6 Å². The third-order valence-electron chi connectivity index (χ3n) is 2.46. The van der Waals surface area contributed by atoms with Crippen molar-refractivity contribution in [3.63, 3.8) is 0 Å². The Morgan fingerprint density at radius 3 is 2.50 bits per heavy atom. The molecule has 0 heterocycles. The maximum atomic E-state index is 11.9. The van der Waals surface area contributed by atoms with Gasteiger partial charge in [-0.3, -0.25) is 9.59 Å². The van der Waals surface area contributed by atoms with Gasteiger partial charge in [0, 0.05) is 26.6 Å². The minimum atomic E-state index is -0.212. The topological polar surface area (TPSA) is 75.4 Å². The molecule has 0 atom stereocenters. The molecule has 5 heteroatoms. The molecule has 0 fully saturated rings. The van der Waals surface area contributed by atoms with Crippen LogP contribution >= 0.6 is 0 Å². The largest absolute Gasteiger partial charge is 0.347 e. The zero-order valence-electron chi connectivity index (χ0n) is 10.6. The molecule has 0 aromatic heterocycles. The van der Waals surface area contributed by atoms with E-state index in [2.05, 4.69) is 5.32 Å². The molecular formula is C13H19N3O2. The Morgan fingerprint density at radius 2 is 1.94 bits per heavy atom. The van der Waals surface area contributed by atoms with Gasteiger partial charge in [-0.15, -0.1) is 0 Å². The molecule has 1 rings (SSSR count). The van der Waals surface area contributed by atoms with Crippen LogP contribution in [-0.4, -0.2) is 36.3 Å². The molecule has 0 unspecified atom stereocenters. The van der Waals surface area contributed by atoms with Crippen LogP contribution < -0.4 is 11.1 Å². The van der Waals surface area contributed by atoms with Crippen molar-refractivity contribution in [1.29, 1.82) is 0 Å². The number of amides is 2. The quantitative estimate of drug-likeness (QED) is 0.751. The van der Waals surface area contributed by atoms with Crippen LogP contribution in [0.25, 0.3) is 0 Å². The molecule has 0 saturated carbocycles. The number of hydrogen-bond donors (Lipinski definition) is 2. The number of nitrogens with one attached hydrogen (secondary N) is 1. The van der Waals surface area contributed by atoms with Crippen molar-refractivity contribution in [2.75, 3.05) is 19.6 Å². The van der Waals surface area contributed by atoms with Gasteiger partial charge < -0.3 is 16.0 Å². The first-order valence-corrected chi connectivity index (χ1v) is 5.89. The zero-order chi connectivity index (χ0) is 13.4. The third kappa shape index (κ3) is 4.97. The molecule has 3 N–H and O–H groups in total. The average molecular weight is 249 g/mol. The molecule has 0 aliphatic heterocycles. The Kier molecular flexibility index (Phi) is 5.87. The van der Waals surface area contributed by atoms with E-state index < -0.39 is 0 Å². The molecule has 0 aliphatic rings. The standard InChI is InChI=1S/C13H19N3O2/c1-11(17)15-9-13(18)16(8-7-14)10-12-5-3-2-4-6-12/h2-6H,7-10,14H2,1H3,(H,15,17). The van der Waals surface area contributed by atoms with Gasteiger partial charge in [-0.1, -0.05) is 30.3 Å². The molecule has 0 aliphatic carbocycles. The van der Waals surface area contributed by atoms with Crippen molar-refractivity contribution >= 4 is 11.8 Å². The van der Waals surface area contributed by atoms with Crippen LogP contribution in [0.1, 0.15) is 12.5 Å². The van der Waals surface area contributed by atoms with Gasteiger partial charge in [-0.25, -0.2) is 0 Å². The van der Waals surface area contributed by atoms with Crippen molar-refractivity contribution in [1.82, 2.24) is 10.2 Å². The SMILES string of the molecule is CC(=O)NCC(=O)N(CCN)Cc1ccccc1. The fraction of sp³-hybridized carbons (Fsp3) is 0.385. The highest BCUT2D eigenvalue weighted by molar-refractivity contribution is 5.83. The van der Waals surface area contributed by atoms with E-state index in [0.717, 1.165) is 5.56 Å². The smallest absolute Gasteiger partial charge is 0.242 e. The van der Waals surface area contributed by atoms with Gasteiger partial charge in [0.05, 0.1) is 6.54 Å². The molecule has 1 aromatic carbocycles. The van der Waals surface area contributed by atoms with Crippen molar-refractivity contribution in [3.05, 3.63) is 35.9 Å². The first-order chi connectivity index (χ1) is 8.63. The van der Waals surface area contributed by atoms with Gasteiger partial charge in [-0.2, -0.15) is 0 Å². The summed E-state index contributed by atoms with van der Waals surface area (Å²) >= 11 is 0. The summed E-state index contributed by atoms with van der Waals surface area (Å²) in [5, 5.41) is 2.50. The summed E-state index contributed by atoms with van der Waals surface area (Å²) < 4.78 is 0. The summed E-state index contributed by atoms with van der Waals surface area (Å²) in [4.78, 5) is 24.3. The summed E-state index contributed by atoms with van der Waals surface area (Å²) in [5.41, 5.74) is 6.54. The average Bonchev–Trinajstić information content (AvgIpc) is 2.36. The van der Waals surface area contributed by atoms with E-state index >= 15 is 0 Å². The second-order valence-electron chi connectivity index (χ2n) is 4.00. The lowest BCUT2D eigenvalue weighted by molar-refractivity contribution is -0.132. The summed E-state index contributed by atoms with van der Waals surface area (Å²) in [5.74, 6) is -0.338. The maximum absolute atomic E-state index is 11.9. The Morgan fingerprint density at radius 1 is 1.28 bits per heavy atom. The molecule has 18 heavy (non-hydrogen) atoms. The zero-order valence-corrected chi connectivity index (χ0v) is 10.6. The number of benzene rings is 1. The van der Waals surface area contributed by atoms with E-state index in [9.17, 15) is 9.59 Å². The number of hydrogen-bond acceptors (Lipinski definition) is 3. The second-order valence-corrected chi connectivity index (χ2v) is 4.00. The lowest BCUT2D eigenvalue weighted by Crippen LogP contribution is -2.41. The predicted octanol–water partition coefficient (Wildman–Crippen LogP) is 0.110. The second kappa shape index (κ2) is 7.45. The van der Waals surface area contributed by atoms with Crippen molar-refractivity contribution in [3.8, 4) is 0 Å². The molecule has 0 saturated heterocycles. The van der Waals surface area contributed by atoms with Gasteiger partial charge >= 0.3 is 0 Å². The van der Waals surface area contributed by atoms with Gasteiger partial charge in [0.2, 0.25) is 11.8 Å². The normalized spacial score (nSPS) is 9.89. The van der Waals surface area contributed by atoms with Crippen molar-refractivity contribution in [2.45, 2.75) is 13.5 Å². The van der Waals surface area contributed by atoms with Crippen LogP contribution in [0.4, 0.5) is 0 Å². The van der Waals surface area contributed by atoms with E-state index in [1.54, 1.807) is 4.90 Å².